The maximum absolute atomic E-state index is 9.78. The first kappa shape index (κ1) is 5.47. The van der Waals surface area contributed by atoms with E-state index in [1.165, 1.54) is 6.92 Å². The van der Waals surface area contributed by atoms with Gasteiger partial charge in [0.05, 0.1) is 6.61 Å². The average molecular weight is 87.1 g/mol. The molecule has 0 N–H and O–H groups in total. The van der Waals surface area contributed by atoms with Crippen molar-refractivity contribution in [3.63, 3.8) is 0 Å². The molecule has 0 aromatic carbocycles. The second kappa shape index (κ2) is 2.69. The molecule has 35 valence electrons. The van der Waals surface area contributed by atoms with Gasteiger partial charge in [-0.05, 0) is 6.92 Å². The van der Waals surface area contributed by atoms with E-state index in [2.05, 4.69) is 11.7 Å². The first-order valence-corrected chi connectivity index (χ1v) is 1.70. The molecule has 0 unspecified atom stereocenters. The first-order chi connectivity index (χ1) is 2.77. The zero-order valence-electron chi connectivity index (χ0n) is 3.73. The van der Waals surface area contributed by atoms with Crippen LogP contribution in [-0.2, 0) is 9.53 Å². The topological polar surface area (TPSA) is 26.3 Å². The van der Waals surface area contributed by atoms with Gasteiger partial charge in [0.25, 0.3) is 0 Å². The molecule has 0 saturated carbocycles. The van der Waals surface area contributed by atoms with E-state index in [1.54, 1.807) is 0 Å². The van der Waals surface area contributed by atoms with Crippen LogP contribution in [-0.4, -0.2) is 12.6 Å². The van der Waals surface area contributed by atoms with E-state index < -0.39 is 0 Å². The Morgan fingerprint density at radius 1 is 2.00 bits per heavy atom. The fourth-order valence-corrected chi connectivity index (χ4v) is 0.144. The van der Waals surface area contributed by atoms with Crippen molar-refractivity contribution >= 4 is 5.97 Å². The Kier molecular flexibility index (Phi) is 2.46. The third-order valence-corrected chi connectivity index (χ3v) is 0.305. The molecule has 0 aliphatic rings. The van der Waals surface area contributed by atoms with E-state index in [1.807, 2.05) is 0 Å². The van der Waals surface area contributed by atoms with Gasteiger partial charge in [-0.15, -0.1) is 0 Å². The van der Waals surface area contributed by atoms with Crippen molar-refractivity contribution in [3.05, 3.63) is 6.92 Å². The highest BCUT2D eigenvalue weighted by molar-refractivity contribution is 5.65. The van der Waals surface area contributed by atoms with Crippen molar-refractivity contribution in [2.75, 3.05) is 6.61 Å². The highest BCUT2D eigenvalue weighted by Crippen LogP contribution is 1.69. The zero-order chi connectivity index (χ0) is 4.99. The van der Waals surface area contributed by atoms with Gasteiger partial charge in [-0.25, -0.2) is 0 Å². The van der Waals surface area contributed by atoms with Crippen LogP contribution in [0.3, 0.4) is 0 Å². The predicted molar refractivity (Wildman–Crippen MR) is 22.0 cm³/mol. The average Bonchev–Trinajstić information content (AvgIpc) is 1.35. The van der Waals surface area contributed by atoms with E-state index in [4.69, 9.17) is 0 Å². The molecule has 0 aromatic rings. The Morgan fingerprint density at radius 2 is 2.50 bits per heavy atom. The molecule has 1 radical (unpaired) electrons. The minimum atomic E-state index is -0.273. The number of esters is 1. The fourth-order valence-electron chi connectivity index (χ4n) is 0.144. The van der Waals surface area contributed by atoms with Gasteiger partial charge in [0.15, 0.2) is 0 Å². The van der Waals surface area contributed by atoms with Gasteiger partial charge in [0.1, 0.15) is 0 Å². The third-order valence-electron chi connectivity index (χ3n) is 0.305. The van der Waals surface area contributed by atoms with Gasteiger partial charge in [-0.1, -0.05) is 0 Å². The Bertz CT molecular complexity index is 49.5. The molecule has 0 aliphatic heterocycles. The maximum Gasteiger partial charge on any atom is 0.302 e. The van der Waals surface area contributed by atoms with Gasteiger partial charge >= 0.3 is 5.97 Å². The van der Waals surface area contributed by atoms with Crippen LogP contribution in [0.1, 0.15) is 6.92 Å². The molecule has 0 amide bonds. The predicted octanol–water partition coefficient (Wildman–Crippen LogP) is 0.384. The smallest absolute Gasteiger partial charge is 0.302 e. The standard InChI is InChI=1S/C4H7O2/c1-3-6-4(2)5/h1,3H2,2H3. The summed E-state index contributed by atoms with van der Waals surface area (Å²) in [6, 6.07) is 0. The minimum Gasteiger partial charge on any atom is -0.466 e. The van der Waals surface area contributed by atoms with Crippen LogP contribution in [0.2, 0.25) is 0 Å². The van der Waals surface area contributed by atoms with E-state index in [0.29, 0.717) is 0 Å². The number of ether oxygens (including phenoxy) is 1. The normalized spacial score (nSPS) is 7.67. The lowest BCUT2D eigenvalue weighted by Gasteiger charge is -1.89. The summed E-state index contributed by atoms with van der Waals surface area (Å²) in [6.07, 6.45) is 0. The van der Waals surface area contributed by atoms with Crippen molar-refractivity contribution in [3.8, 4) is 0 Å². The van der Waals surface area contributed by atoms with Crippen LogP contribution in [0.25, 0.3) is 0 Å². The monoisotopic (exact) mass is 87.0 g/mol. The Hall–Kier alpha value is -0.530. The van der Waals surface area contributed by atoms with Gasteiger partial charge in [-0.3, -0.25) is 4.79 Å². The summed E-state index contributed by atoms with van der Waals surface area (Å²) in [5, 5.41) is 0. The van der Waals surface area contributed by atoms with Gasteiger partial charge in [-0.2, -0.15) is 0 Å². The Balaban J connectivity index is 2.83. The van der Waals surface area contributed by atoms with E-state index in [9.17, 15) is 4.79 Å². The van der Waals surface area contributed by atoms with Crippen molar-refractivity contribution in [1.82, 2.24) is 0 Å². The number of rotatable bonds is 1. The lowest BCUT2D eigenvalue weighted by molar-refractivity contribution is -0.139. The van der Waals surface area contributed by atoms with Crippen LogP contribution in [0.5, 0.6) is 0 Å². The molecule has 0 bridgehead atoms. The molecular formula is C4H7O2. The summed E-state index contributed by atoms with van der Waals surface area (Å²) in [5.41, 5.74) is 0. The van der Waals surface area contributed by atoms with Crippen molar-refractivity contribution < 1.29 is 9.53 Å². The van der Waals surface area contributed by atoms with Crippen LogP contribution in [0.15, 0.2) is 0 Å². The molecular weight excluding hydrogens is 80.0 g/mol. The fraction of sp³-hybridized carbons (Fsp3) is 0.500. The van der Waals surface area contributed by atoms with Gasteiger partial charge in [0.2, 0.25) is 0 Å². The maximum atomic E-state index is 9.78. The lowest BCUT2D eigenvalue weighted by Crippen LogP contribution is -1.95. The molecule has 0 atom stereocenters. The van der Waals surface area contributed by atoms with E-state index >= 15 is 0 Å². The van der Waals surface area contributed by atoms with Crippen LogP contribution < -0.4 is 0 Å². The minimum absolute atomic E-state index is 0.231. The highest BCUT2D eigenvalue weighted by atomic mass is 16.5. The quantitative estimate of drug-likeness (QED) is 0.432. The molecule has 6 heavy (non-hydrogen) atoms. The van der Waals surface area contributed by atoms with E-state index in [-0.39, 0.29) is 12.6 Å². The summed E-state index contributed by atoms with van der Waals surface area (Å²) in [7, 11) is 0. The lowest BCUT2D eigenvalue weighted by atomic mass is 10.8. The molecule has 0 heterocycles. The second-order valence-electron chi connectivity index (χ2n) is 0.840. The zero-order valence-corrected chi connectivity index (χ0v) is 3.73. The molecule has 0 spiro atoms. The summed E-state index contributed by atoms with van der Waals surface area (Å²) in [6.45, 7) is 4.87. The molecule has 2 nitrogen and oxygen atoms in total. The molecule has 0 fully saturated rings. The highest BCUT2D eigenvalue weighted by Gasteiger charge is 1.81. The molecule has 0 rings (SSSR count). The van der Waals surface area contributed by atoms with Gasteiger partial charge in [0, 0.05) is 6.92 Å². The second-order valence-corrected chi connectivity index (χ2v) is 0.840. The van der Waals surface area contributed by atoms with Crippen molar-refractivity contribution in [2.45, 2.75) is 6.92 Å². The molecule has 0 saturated heterocycles. The number of carbonyl (C=O) groups excluding carboxylic acids is 1. The molecule has 2 heteroatoms. The summed E-state index contributed by atoms with van der Waals surface area (Å²) >= 11 is 0. The molecule has 0 aromatic heterocycles. The van der Waals surface area contributed by atoms with E-state index in [0.717, 1.165) is 0 Å². The van der Waals surface area contributed by atoms with Crippen LogP contribution >= 0.6 is 0 Å². The SMILES string of the molecule is [CH2]COC(C)=O. The largest absolute Gasteiger partial charge is 0.466 e. The van der Waals surface area contributed by atoms with Crippen LogP contribution in [0, 0.1) is 6.92 Å². The molecule has 0 aliphatic carbocycles. The third kappa shape index (κ3) is 3.47. The summed E-state index contributed by atoms with van der Waals surface area (Å²) in [4.78, 5) is 9.78. The van der Waals surface area contributed by atoms with Crippen molar-refractivity contribution in [1.29, 1.82) is 0 Å². The van der Waals surface area contributed by atoms with Crippen molar-refractivity contribution in [2.24, 2.45) is 0 Å². The summed E-state index contributed by atoms with van der Waals surface area (Å²) in [5.74, 6) is -0.273. The summed E-state index contributed by atoms with van der Waals surface area (Å²) < 4.78 is 4.29. The number of hydrogen-bond acceptors (Lipinski definition) is 2. The van der Waals surface area contributed by atoms with Crippen LogP contribution in [0.4, 0.5) is 0 Å². The number of carbonyl (C=O) groups is 1. The Morgan fingerprint density at radius 3 is 2.50 bits per heavy atom. The van der Waals surface area contributed by atoms with Gasteiger partial charge < -0.3 is 4.74 Å². The Labute approximate surface area is 37.1 Å². The number of hydrogen-bond donors (Lipinski definition) is 0. The first-order valence-electron chi connectivity index (χ1n) is 1.70.